The van der Waals surface area contributed by atoms with Crippen molar-refractivity contribution in [3.63, 3.8) is 0 Å². The molecule has 146 valence electrons. The lowest BCUT2D eigenvalue weighted by Crippen LogP contribution is -2.48. The van der Waals surface area contributed by atoms with E-state index in [2.05, 4.69) is 9.88 Å². The lowest BCUT2D eigenvalue weighted by Gasteiger charge is -2.34. The molecule has 1 fully saturated rings. The van der Waals surface area contributed by atoms with Crippen LogP contribution in [-0.4, -0.2) is 47.7 Å². The molecule has 0 radical (unpaired) electrons. The van der Waals surface area contributed by atoms with Gasteiger partial charge in [-0.3, -0.25) is 4.79 Å². The fourth-order valence-electron chi connectivity index (χ4n) is 3.13. The first kappa shape index (κ1) is 19.5. The number of aromatic nitrogens is 1. The number of carbonyl (C=O) groups is 1. The molecule has 4 nitrogen and oxygen atoms in total. The Bertz CT molecular complexity index is 971. The first-order chi connectivity index (χ1) is 13.6. The number of amides is 1. The summed E-state index contributed by atoms with van der Waals surface area (Å²) in [5.74, 6) is 0.640. The zero-order chi connectivity index (χ0) is 19.5. The quantitative estimate of drug-likeness (QED) is 0.533. The summed E-state index contributed by atoms with van der Waals surface area (Å²) in [5.41, 5.74) is 0.431. The average molecular weight is 436 g/mol. The number of anilines is 1. The van der Waals surface area contributed by atoms with Crippen LogP contribution in [0.1, 0.15) is 6.42 Å². The number of benzene rings is 2. The maximum Gasteiger partial charge on any atom is 0.223 e. The van der Waals surface area contributed by atoms with Gasteiger partial charge in [0, 0.05) is 48.3 Å². The van der Waals surface area contributed by atoms with Crippen molar-refractivity contribution < 1.29 is 9.18 Å². The second-order valence-electron chi connectivity index (χ2n) is 6.50. The van der Waals surface area contributed by atoms with Crippen LogP contribution in [-0.2, 0) is 4.79 Å². The van der Waals surface area contributed by atoms with Gasteiger partial charge in [-0.2, -0.15) is 0 Å². The maximum atomic E-state index is 13.9. The van der Waals surface area contributed by atoms with E-state index in [4.69, 9.17) is 11.6 Å². The molecular weight excluding hydrogens is 417 g/mol. The Morgan fingerprint density at radius 2 is 1.89 bits per heavy atom. The molecule has 3 aromatic rings. The molecule has 8 heteroatoms. The fraction of sp³-hybridized carbons (Fsp3) is 0.300. The van der Waals surface area contributed by atoms with E-state index in [1.165, 1.54) is 17.4 Å². The van der Waals surface area contributed by atoms with Crippen LogP contribution in [0.25, 0.3) is 10.2 Å². The Morgan fingerprint density at radius 1 is 1.14 bits per heavy atom. The van der Waals surface area contributed by atoms with Crippen molar-refractivity contribution in [2.24, 2.45) is 0 Å². The number of halogens is 2. The summed E-state index contributed by atoms with van der Waals surface area (Å²) in [5, 5.41) is 1.54. The first-order valence-corrected chi connectivity index (χ1v) is 11.2. The number of fused-ring (bicyclic) bond motifs is 1. The highest BCUT2D eigenvalue weighted by atomic mass is 35.5. The normalized spacial score (nSPS) is 14.6. The van der Waals surface area contributed by atoms with E-state index in [-0.39, 0.29) is 11.7 Å². The number of piperazine rings is 1. The number of hydrogen-bond acceptors (Lipinski definition) is 5. The summed E-state index contributed by atoms with van der Waals surface area (Å²) >= 11 is 9.05. The van der Waals surface area contributed by atoms with Crippen molar-refractivity contribution in [3.8, 4) is 0 Å². The van der Waals surface area contributed by atoms with E-state index in [0.717, 1.165) is 33.6 Å². The van der Waals surface area contributed by atoms with Crippen molar-refractivity contribution in [1.29, 1.82) is 0 Å². The van der Waals surface area contributed by atoms with Crippen LogP contribution >= 0.6 is 34.7 Å². The maximum absolute atomic E-state index is 13.9. The highest BCUT2D eigenvalue weighted by Gasteiger charge is 2.23. The Hall–Kier alpha value is -1.83. The molecular formula is C20H19ClFN3OS2. The van der Waals surface area contributed by atoms with Crippen molar-refractivity contribution >= 4 is 56.0 Å². The Labute approximate surface area is 176 Å². The van der Waals surface area contributed by atoms with Crippen LogP contribution in [0, 0.1) is 5.82 Å². The van der Waals surface area contributed by atoms with Gasteiger partial charge in [-0.05, 0) is 36.4 Å². The van der Waals surface area contributed by atoms with E-state index >= 15 is 0 Å². The molecule has 0 unspecified atom stereocenters. The van der Waals surface area contributed by atoms with Crippen LogP contribution in [0.15, 0.2) is 47.4 Å². The number of para-hydroxylation sites is 1. The number of thioether (sulfide) groups is 1. The average Bonchev–Trinajstić information content (AvgIpc) is 3.15. The molecule has 2 aromatic carbocycles. The van der Waals surface area contributed by atoms with Gasteiger partial charge in [-0.1, -0.05) is 29.0 Å². The van der Waals surface area contributed by atoms with Gasteiger partial charge in [0.1, 0.15) is 11.3 Å². The molecule has 2 heterocycles. The lowest BCUT2D eigenvalue weighted by atomic mass is 10.3. The molecule has 0 spiro atoms. The van der Waals surface area contributed by atoms with E-state index < -0.39 is 0 Å². The van der Waals surface area contributed by atoms with Gasteiger partial charge < -0.3 is 9.80 Å². The van der Waals surface area contributed by atoms with Crippen molar-refractivity contribution in [2.75, 3.05) is 36.8 Å². The Balaban J connectivity index is 1.27. The second-order valence-corrected chi connectivity index (χ2v) is 9.12. The van der Waals surface area contributed by atoms with Crippen LogP contribution < -0.4 is 4.90 Å². The predicted molar refractivity (Wildman–Crippen MR) is 115 cm³/mol. The van der Waals surface area contributed by atoms with Gasteiger partial charge in [0.15, 0.2) is 5.13 Å². The van der Waals surface area contributed by atoms with Crippen LogP contribution in [0.3, 0.4) is 0 Å². The molecule has 0 aliphatic carbocycles. The summed E-state index contributed by atoms with van der Waals surface area (Å²) < 4.78 is 14.7. The smallest absolute Gasteiger partial charge is 0.223 e. The number of thiazole rings is 1. The van der Waals surface area contributed by atoms with E-state index in [0.29, 0.717) is 30.0 Å². The van der Waals surface area contributed by atoms with Crippen LogP contribution in [0.4, 0.5) is 9.52 Å². The SMILES string of the molecule is O=C(CCSc1ccc(Cl)cc1)N1CCN(c2nc3c(F)cccc3s2)CC1. The topological polar surface area (TPSA) is 36.4 Å². The number of hydrogen-bond donors (Lipinski definition) is 0. The van der Waals surface area contributed by atoms with Crippen molar-refractivity contribution in [3.05, 3.63) is 53.3 Å². The van der Waals surface area contributed by atoms with Gasteiger partial charge >= 0.3 is 0 Å². The Kier molecular flexibility index (Phi) is 6.04. The number of carbonyl (C=O) groups excluding carboxylic acids is 1. The second kappa shape index (κ2) is 8.68. The summed E-state index contributed by atoms with van der Waals surface area (Å²) in [6.07, 6.45) is 0.514. The van der Waals surface area contributed by atoms with Crippen molar-refractivity contribution in [2.45, 2.75) is 11.3 Å². The molecule has 4 rings (SSSR count). The summed E-state index contributed by atoms with van der Waals surface area (Å²) in [6, 6.07) is 12.7. The monoisotopic (exact) mass is 435 g/mol. The largest absolute Gasteiger partial charge is 0.345 e. The molecule has 1 aliphatic heterocycles. The molecule has 28 heavy (non-hydrogen) atoms. The summed E-state index contributed by atoms with van der Waals surface area (Å²) in [7, 11) is 0. The van der Waals surface area contributed by atoms with E-state index in [9.17, 15) is 9.18 Å². The molecule has 1 aromatic heterocycles. The predicted octanol–water partition coefficient (Wildman–Crippen LogP) is 4.92. The molecule has 1 amide bonds. The molecule has 1 aliphatic rings. The van der Waals surface area contributed by atoms with Crippen LogP contribution in [0.2, 0.25) is 5.02 Å². The van der Waals surface area contributed by atoms with Gasteiger partial charge in [0.05, 0.1) is 4.70 Å². The zero-order valence-corrected chi connectivity index (χ0v) is 17.5. The van der Waals surface area contributed by atoms with Crippen LogP contribution in [0.5, 0.6) is 0 Å². The van der Waals surface area contributed by atoms with Gasteiger partial charge in [0.25, 0.3) is 0 Å². The van der Waals surface area contributed by atoms with E-state index in [1.807, 2.05) is 35.2 Å². The van der Waals surface area contributed by atoms with Gasteiger partial charge in [-0.25, -0.2) is 9.37 Å². The minimum Gasteiger partial charge on any atom is -0.345 e. The Morgan fingerprint density at radius 3 is 2.61 bits per heavy atom. The highest BCUT2D eigenvalue weighted by Crippen LogP contribution is 2.30. The molecule has 0 atom stereocenters. The zero-order valence-electron chi connectivity index (χ0n) is 15.1. The third kappa shape index (κ3) is 4.42. The van der Waals surface area contributed by atoms with Crippen molar-refractivity contribution in [1.82, 2.24) is 9.88 Å². The fourth-order valence-corrected chi connectivity index (χ4v) is 5.13. The molecule has 0 N–H and O–H groups in total. The third-order valence-electron chi connectivity index (χ3n) is 4.66. The standard InChI is InChI=1S/C20H19ClFN3OS2/c21-14-4-6-15(7-5-14)27-13-8-18(26)24-9-11-25(12-10-24)20-23-19-16(22)2-1-3-17(19)28-20/h1-7H,8-13H2. The minimum atomic E-state index is -0.285. The minimum absolute atomic E-state index is 0.177. The number of nitrogens with zero attached hydrogens (tertiary/aromatic N) is 3. The highest BCUT2D eigenvalue weighted by molar-refractivity contribution is 7.99. The van der Waals surface area contributed by atoms with E-state index in [1.54, 1.807) is 17.8 Å². The summed E-state index contributed by atoms with van der Waals surface area (Å²) in [6.45, 7) is 2.78. The lowest BCUT2D eigenvalue weighted by molar-refractivity contribution is -0.131. The first-order valence-electron chi connectivity index (χ1n) is 9.06. The molecule has 0 saturated carbocycles. The van der Waals surface area contributed by atoms with Gasteiger partial charge in [0.2, 0.25) is 5.91 Å². The van der Waals surface area contributed by atoms with Gasteiger partial charge in [-0.15, -0.1) is 11.8 Å². The molecule has 1 saturated heterocycles. The number of rotatable bonds is 5. The third-order valence-corrected chi connectivity index (χ3v) is 7.01. The molecule has 0 bridgehead atoms. The summed E-state index contributed by atoms with van der Waals surface area (Å²) in [4.78, 5) is 22.1.